The zero-order valence-corrected chi connectivity index (χ0v) is 28.7. The van der Waals surface area contributed by atoms with Crippen molar-refractivity contribution in [2.75, 3.05) is 18.6 Å². The molecule has 1 aliphatic heterocycles. The number of nitrogens with zero attached hydrogens (tertiary/aromatic N) is 3. The van der Waals surface area contributed by atoms with Crippen LogP contribution < -0.4 is 14.4 Å². The van der Waals surface area contributed by atoms with Crippen LogP contribution in [0.4, 0.5) is 5.13 Å². The van der Waals surface area contributed by atoms with Crippen LogP contribution >= 0.6 is 46.3 Å². The Hall–Kier alpha value is -4.03. The second-order valence-corrected chi connectivity index (χ2v) is 14.2. The van der Waals surface area contributed by atoms with Gasteiger partial charge in [-0.25, -0.2) is 0 Å². The van der Waals surface area contributed by atoms with Crippen LogP contribution in [0.1, 0.15) is 48.0 Å². The lowest BCUT2D eigenvalue weighted by atomic mass is 9.95. The highest BCUT2D eigenvalue weighted by Gasteiger charge is 2.47. The molecule has 6 rings (SSSR count). The zero-order valence-electron chi connectivity index (χ0n) is 25.5. The van der Waals surface area contributed by atoms with Gasteiger partial charge in [0.05, 0.1) is 25.3 Å². The van der Waals surface area contributed by atoms with E-state index in [9.17, 15) is 14.7 Å². The average Bonchev–Trinajstić information content (AvgIpc) is 3.76. The van der Waals surface area contributed by atoms with Gasteiger partial charge in [-0.2, -0.15) is 0 Å². The van der Waals surface area contributed by atoms with E-state index < -0.39 is 23.5 Å². The molecule has 2 aromatic heterocycles. The molecule has 0 aliphatic carbocycles. The molecule has 1 unspecified atom stereocenters. The van der Waals surface area contributed by atoms with Crippen LogP contribution in [0.15, 0.2) is 86.8 Å². The number of ether oxygens (including phenoxy) is 2. The van der Waals surface area contributed by atoms with E-state index in [0.717, 1.165) is 23.3 Å². The summed E-state index contributed by atoms with van der Waals surface area (Å²) in [6.07, 6.45) is 0.852. The lowest BCUT2D eigenvalue weighted by molar-refractivity contribution is -0.117. The topological polar surface area (TPSA) is 115 Å². The summed E-state index contributed by atoms with van der Waals surface area (Å²) in [6.45, 7) is 4.72. The molecule has 0 bridgehead atoms. The molecule has 0 fully saturated rings. The Kier molecular flexibility index (Phi) is 9.79. The van der Waals surface area contributed by atoms with E-state index >= 15 is 0 Å². The second kappa shape index (κ2) is 14.0. The maximum atomic E-state index is 14.2. The van der Waals surface area contributed by atoms with Crippen molar-refractivity contribution in [1.82, 2.24) is 10.2 Å². The van der Waals surface area contributed by atoms with E-state index in [4.69, 9.17) is 37.1 Å². The molecule has 13 heteroatoms. The molecule has 0 saturated carbocycles. The molecule has 5 aromatic rings. The van der Waals surface area contributed by atoms with Crippen molar-refractivity contribution in [2.24, 2.45) is 5.92 Å². The number of amides is 1. The third-order valence-electron chi connectivity index (χ3n) is 7.51. The van der Waals surface area contributed by atoms with E-state index in [1.807, 2.05) is 12.1 Å². The van der Waals surface area contributed by atoms with Gasteiger partial charge >= 0.3 is 0 Å². The minimum Gasteiger partial charge on any atom is -0.503 e. The number of aliphatic hydroxyl groups excluding tert-OH is 1. The fourth-order valence-corrected chi connectivity index (χ4v) is 7.54. The van der Waals surface area contributed by atoms with Gasteiger partial charge in [0.1, 0.15) is 5.75 Å². The van der Waals surface area contributed by atoms with Crippen molar-refractivity contribution < 1.29 is 28.6 Å². The van der Waals surface area contributed by atoms with Gasteiger partial charge in [0.2, 0.25) is 10.9 Å². The fraction of sp³-hybridized carbons (Fsp3) is 0.235. The predicted octanol–water partition coefficient (Wildman–Crippen LogP) is 9.10. The zero-order chi connectivity index (χ0) is 33.2. The number of furan rings is 1. The monoisotopic (exact) mass is 709 g/mol. The summed E-state index contributed by atoms with van der Waals surface area (Å²) in [5, 5.41) is 21.8. The van der Waals surface area contributed by atoms with Crippen LogP contribution in [0.2, 0.25) is 10.0 Å². The molecular formula is C34H29Cl2N3O6S2. The number of para-hydroxylation sites is 1. The second-order valence-electron chi connectivity index (χ2n) is 11.1. The quantitative estimate of drug-likeness (QED) is 0.0769. The number of aliphatic hydroxyl groups is 1. The Balaban J connectivity index is 1.36. The minimum absolute atomic E-state index is 0.0524. The maximum Gasteiger partial charge on any atom is 0.296 e. The Bertz CT molecular complexity index is 2010. The number of hydrogen-bond donors (Lipinski definition) is 1. The molecule has 1 atom stereocenters. The summed E-state index contributed by atoms with van der Waals surface area (Å²) >= 11 is 14.9. The van der Waals surface area contributed by atoms with E-state index in [2.05, 4.69) is 24.0 Å². The van der Waals surface area contributed by atoms with Crippen LogP contribution in [0.5, 0.6) is 11.5 Å². The van der Waals surface area contributed by atoms with Crippen molar-refractivity contribution in [3.8, 4) is 11.5 Å². The summed E-state index contributed by atoms with van der Waals surface area (Å²) in [5.41, 5.74) is 1.63. The number of hydrogen-bond acceptors (Lipinski definition) is 10. The van der Waals surface area contributed by atoms with Gasteiger partial charge in [-0.15, -0.1) is 10.2 Å². The van der Waals surface area contributed by atoms with Gasteiger partial charge in [-0.05, 0) is 59.9 Å². The van der Waals surface area contributed by atoms with E-state index in [1.165, 1.54) is 23.8 Å². The van der Waals surface area contributed by atoms with Gasteiger partial charge in [-0.1, -0.05) is 90.5 Å². The number of carbonyl (C=O) groups excluding carboxylic acids is 2. The highest BCUT2D eigenvalue weighted by Crippen LogP contribution is 2.45. The van der Waals surface area contributed by atoms with Crippen molar-refractivity contribution in [2.45, 2.75) is 36.4 Å². The summed E-state index contributed by atoms with van der Waals surface area (Å²) < 4.78 is 17.9. The number of Topliss-reactive ketones (excluding diaryl/α,β-unsaturated/α-hetero) is 1. The third kappa shape index (κ3) is 6.85. The Morgan fingerprint density at radius 3 is 2.68 bits per heavy atom. The van der Waals surface area contributed by atoms with Crippen molar-refractivity contribution >= 4 is 74.1 Å². The number of thioether (sulfide) groups is 1. The van der Waals surface area contributed by atoms with Crippen LogP contribution in [-0.2, 0) is 10.5 Å². The van der Waals surface area contributed by atoms with Crippen molar-refractivity contribution in [3.63, 3.8) is 0 Å². The standard InChI is InChI=1S/C34H29Cl2N3O6S2/c1-18(2)12-13-44-23-8-4-6-19(14-23)28-27(29(40)26-15-20-7-5-9-25(43-3)31(20)45-26)30(41)32(42)39(28)33-37-38-34(47-33)46-17-21-10-11-22(35)16-24(21)36/h4-11,14-16,18,28,41H,12-13,17H2,1-3H3. The lowest BCUT2D eigenvalue weighted by Crippen LogP contribution is -2.31. The van der Waals surface area contributed by atoms with Crippen molar-refractivity contribution in [3.05, 3.63) is 105 Å². The molecule has 3 heterocycles. The summed E-state index contributed by atoms with van der Waals surface area (Å²) in [7, 11) is 1.51. The Morgan fingerprint density at radius 1 is 1.11 bits per heavy atom. The summed E-state index contributed by atoms with van der Waals surface area (Å²) in [6, 6.07) is 18.2. The number of aromatic nitrogens is 2. The fourth-order valence-electron chi connectivity index (χ4n) is 5.11. The third-order valence-corrected chi connectivity index (χ3v) is 10.2. The Morgan fingerprint density at radius 2 is 1.91 bits per heavy atom. The molecule has 1 aliphatic rings. The molecule has 9 nitrogen and oxygen atoms in total. The lowest BCUT2D eigenvalue weighted by Gasteiger charge is -2.24. The first-order valence-corrected chi connectivity index (χ1v) is 17.2. The smallest absolute Gasteiger partial charge is 0.296 e. The summed E-state index contributed by atoms with van der Waals surface area (Å²) in [4.78, 5) is 29.2. The average molecular weight is 711 g/mol. The number of methoxy groups -OCH3 is 1. The molecule has 0 radical (unpaired) electrons. The first-order chi connectivity index (χ1) is 22.6. The normalized spacial score (nSPS) is 14.9. The highest BCUT2D eigenvalue weighted by atomic mass is 35.5. The van der Waals surface area contributed by atoms with Gasteiger partial charge in [0.15, 0.2) is 27.2 Å². The van der Waals surface area contributed by atoms with Crippen molar-refractivity contribution in [1.29, 1.82) is 0 Å². The molecule has 0 saturated heterocycles. The van der Waals surface area contributed by atoms with Crippen LogP contribution in [-0.4, -0.2) is 40.7 Å². The number of carbonyl (C=O) groups is 2. The minimum atomic E-state index is -1.05. The molecule has 3 aromatic carbocycles. The Labute approximate surface area is 289 Å². The first kappa shape index (κ1) is 32.9. The van der Waals surface area contributed by atoms with E-state index in [1.54, 1.807) is 54.6 Å². The van der Waals surface area contributed by atoms with Gasteiger partial charge in [0.25, 0.3) is 5.91 Å². The molecule has 0 spiro atoms. The van der Waals surface area contributed by atoms with E-state index in [0.29, 0.717) is 60.7 Å². The number of anilines is 1. The molecule has 242 valence electrons. The predicted molar refractivity (Wildman–Crippen MR) is 184 cm³/mol. The SMILES string of the molecule is COc1cccc2cc(C(=O)C3=C(O)C(=O)N(c4nnc(SCc5ccc(Cl)cc5Cl)s4)C3c3cccc(OCCC(C)C)c3)oc12. The van der Waals surface area contributed by atoms with Crippen LogP contribution in [0.3, 0.4) is 0 Å². The number of rotatable bonds is 12. The number of ketones is 1. The molecule has 1 N–H and O–H groups in total. The van der Waals surface area contributed by atoms with Gasteiger partial charge in [-0.3, -0.25) is 14.5 Å². The largest absolute Gasteiger partial charge is 0.503 e. The molecule has 47 heavy (non-hydrogen) atoms. The highest BCUT2D eigenvalue weighted by molar-refractivity contribution is 8.00. The molecule has 1 amide bonds. The van der Waals surface area contributed by atoms with Gasteiger partial charge in [0, 0.05) is 21.2 Å². The van der Waals surface area contributed by atoms with E-state index in [-0.39, 0.29) is 16.5 Å². The van der Waals surface area contributed by atoms with Crippen LogP contribution in [0, 0.1) is 5.92 Å². The molecular weight excluding hydrogens is 681 g/mol. The number of fused-ring (bicyclic) bond motifs is 1. The number of benzene rings is 3. The van der Waals surface area contributed by atoms with Crippen LogP contribution in [0.25, 0.3) is 11.0 Å². The maximum absolute atomic E-state index is 14.2. The summed E-state index contributed by atoms with van der Waals surface area (Å²) in [5.74, 6) is -0.232. The van der Waals surface area contributed by atoms with Gasteiger partial charge < -0.3 is 19.0 Å². The number of halogens is 2. The first-order valence-electron chi connectivity index (χ1n) is 14.7.